The van der Waals surface area contributed by atoms with Gasteiger partial charge in [-0.2, -0.15) is 8.42 Å². The first-order valence-electron chi connectivity index (χ1n) is 14.0. The van der Waals surface area contributed by atoms with E-state index < -0.39 is 32.8 Å². The number of hydrogen-bond donors (Lipinski definition) is 1. The number of ketones is 2. The van der Waals surface area contributed by atoms with Crippen molar-refractivity contribution in [3.63, 3.8) is 0 Å². The number of carboxylic acids is 1. The molecular weight excluding hydrogens is 613 g/mol. The van der Waals surface area contributed by atoms with E-state index in [1.807, 2.05) is 32.6 Å². The Hall–Kier alpha value is -3.14. The largest absolute Gasteiger partial charge is 0.481 e. The lowest BCUT2D eigenvalue weighted by atomic mass is 9.63. The highest BCUT2D eigenvalue weighted by molar-refractivity contribution is 7.87. The van der Waals surface area contributed by atoms with Crippen molar-refractivity contribution in [2.45, 2.75) is 70.6 Å². The number of rotatable bonds is 7. The molecule has 0 unspecified atom stereocenters. The maximum absolute atomic E-state index is 14.0. The molecule has 3 aliphatic rings. The van der Waals surface area contributed by atoms with Gasteiger partial charge in [-0.25, -0.2) is 0 Å². The van der Waals surface area contributed by atoms with Crippen molar-refractivity contribution in [3.8, 4) is 5.75 Å². The number of nitrogens with zero attached hydrogens (tertiary/aromatic N) is 1. The summed E-state index contributed by atoms with van der Waals surface area (Å²) in [7, 11) is -4.37. The molecule has 0 saturated heterocycles. The van der Waals surface area contributed by atoms with Crippen molar-refractivity contribution >= 4 is 50.9 Å². The fraction of sp³-hybridized carbons (Fsp3) is 0.406. The van der Waals surface area contributed by atoms with E-state index in [-0.39, 0.29) is 63.6 Å². The number of carbonyl (C=O) groups excluding carboxylic acids is 2. The maximum atomic E-state index is 14.0. The first-order valence-corrected chi connectivity index (χ1v) is 16.2. The summed E-state index contributed by atoms with van der Waals surface area (Å²) in [4.78, 5) is 41.6. The minimum atomic E-state index is -4.37. The summed E-state index contributed by atoms with van der Waals surface area (Å²) in [5.41, 5.74) is 1.21. The number of hydrogen-bond acceptors (Lipinski definition) is 7. The summed E-state index contributed by atoms with van der Waals surface area (Å²) in [5.74, 6) is -2.65. The second kappa shape index (κ2) is 11.1. The normalized spacial score (nSPS) is 20.2. The standard InChI is InChI=1S/C32H33Cl2NO7S/c1-31(2)14-22-28(24(36)16-31)27(29-23(35(22)11-10-26(38)39)15-32(3,4)17-25(29)37)20-12-18(33)13-21(34)30(20)42-43(40,41)19-8-6-5-7-9-19/h5-9,12-13,27H,10-11,14-17H2,1-4H3,(H,38,39). The van der Waals surface area contributed by atoms with E-state index in [9.17, 15) is 27.9 Å². The van der Waals surface area contributed by atoms with Gasteiger partial charge in [0, 0.05) is 58.4 Å². The number of halogens is 2. The minimum absolute atomic E-state index is 0.0779. The van der Waals surface area contributed by atoms with E-state index in [2.05, 4.69) is 0 Å². The molecule has 11 heteroatoms. The average Bonchev–Trinajstić information content (AvgIpc) is 2.87. The molecule has 0 amide bonds. The molecule has 0 fully saturated rings. The van der Waals surface area contributed by atoms with Gasteiger partial charge in [0.2, 0.25) is 0 Å². The van der Waals surface area contributed by atoms with Crippen molar-refractivity contribution < 1.29 is 32.1 Å². The zero-order valence-corrected chi connectivity index (χ0v) is 26.7. The summed E-state index contributed by atoms with van der Waals surface area (Å²) in [6.45, 7) is 7.95. The van der Waals surface area contributed by atoms with Crippen LogP contribution < -0.4 is 4.18 Å². The van der Waals surface area contributed by atoms with Gasteiger partial charge >= 0.3 is 16.1 Å². The van der Waals surface area contributed by atoms with Gasteiger partial charge in [-0.15, -0.1) is 0 Å². The molecule has 228 valence electrons. The number of carboxylic acid groups (broad SMARTS) is 1. The van der Waals surface area contributed by atoms with Crippen molar-refractivity contribution in [2.24, 2.45) is 10.8 Å². The monoisotopic (exact) mass is 645 g/mol. The third kappa shape index (κ3) is 6.12. The molecule has 0 radical (unpaired) electrons. The lowest BCUT2D eigenvalue weighted by Crippen LogP contribution is -2.45. The van der Waals surface area contributed by atoms with Crippen LogP contribution in [0, 0.1) is 10.8 Å². The van der Waals surface area contributed by atoms with Gasteiger partial charge in [-0.3, -0.25) is 14.4 Å². The highest BCUT2D eigenvalue weighted by atomic mass is 35.5. The molecule has 0 saturated carbocycles. The summed E-state index contributed by atoms with van der Waals surface area (Å²) >= 11 is 13.1. The SMILES string of the molecule is CC1(C)CC(=O)C2=C(C1)N(CCC(=O)O)C1=C(C(=O)CC(C)(C)C1)C2c1cc(Cl)cc(Cl)c1OS(=O)(=O)c1ccccc1. The Kier molecular flexibility index (Phi) is 8.07. The smallest absolute Gasteiger partial charge is 0.339 e. The van der Waals surface area contributed by atoms with Crippen LogP contribution in [0.5, 0.6) is 5.75 Å². The molecule has 1 aliphatic heterocycles. The lowest BCUT2D eigenvalue weighted by molar-refractivity contribution is -0.137. The van der Waals surface area contributed by atoms with Crippen LogP contribution in [0.4, 0.5) is 0 Å². The fourth-order valence-electron chi connectivity index (χ4n) is 6.46. The predicted octanol–water partition coefficient (Wildman–Crippen LogP) is 6.92. The van der Waals surface area contributed by atoms with E-state index in [0.29, 0.717) is 35.4 Å². The zero-order chi connectivity index (χ0) is 31.5. The van der Waals surface area contributed by atoms with Crippen LogP contribution in [0.3, 0.4) is 0 Å². The van der Waals surface area contributed by atoms with E-state index in [1.165, 1.54) is 24.3 Å². The van der Waals surface area contributed by atoms with Gasteiger partial charge in [0.05, 0.1) is 11.4 Å². The summed E-state index contributed by atoms with van der Waals surface area (Å²) in [6, 6.07) is 10.4. The van der Waals surface area contributed by atoms with Crippen LogP contribution in [0.15, 0.2) is 69.9 Å². The van der Waals surface area contributed by atoms with E-state index in [0.717, 1.165) is 0 Å². The Labute approximate surface area is 261 Å². The van der Waals surface area contributed by atoms with Crippen molar-refractivity contribution in [2.75, 3.05) is 6.54 Å². The van der Waals surface area contributed by atoms with Crippen LogP contribution in [-0.2, 0) is 24.5 Å². The van der Waals surface area contributed by atoms with Gasteiger partial charge in [-0.05, 0) is 47.9 Å². The summed E-state index contributed by atoms with van der Waals surface area (Å²) in [5, 5.41) is 9.66. The molecule has 8 nitrogen and oxygen atoms in total. The number of carbonyl (C=O) groups is 3. The third-order valence-corrected chi connectivity index (χ3v) is 9.88. The van der Waals surface area contributed by atoms with Gasteiger partial charge in [0.1, 0.15) is 4.90 Å². The highest BCUT2D eigenvalue weighted by Crippen LogP contribution is 2.56. The Bertz CT molecular complexity index is 1650. The topological polar surface area (TPSA) is 118 Å². The number of allylic oxidation sites excluding steroid dienone is 4. The fourth-order valence-corrected chi connectivity index (χ4v) is 8.05. The van der Waals surface area contributed by atoms with Gasteiger partial charge < -0.3 is 14.2 Å². The van der Waals surface area contributed by atoms with E-state index in [1.54, 1.807) is 18.2 Å². The molecule has 0 bridgehead atoms. The molecule has 0 aromatic heterocycles. The summed E-state index contributed by atoms with van der Waals surface area (Å²) < 4.78 is 32.5. The molecule has 1 N–H and O–H groups in total. The predicted molar refractivity (Wildman–Crippen MR) is 163 cm³/mol. The Morgan fingerprint density at radius 1 is 0.930 bits per heavy atom. The zero-order valence-electron chi connectivity index (χ0n) is 24.4. The highest BCUT2D eigenvalue weighted by Gasteiger charge is 2.50. The van der Waals surface area contributed by atoms with Crippen LogP contribution in [0.2, 0.25) is 10.0 Å². The second-order valence-electron chi connectivity index (χ2n) is 13.0. The van der Waals surface area contributed by atoms with Crippen molar-refractivity contribution in [1.29, 1.82) is 0 Å². The van der Waals surface area contributed by atoms with Gasteiger partial charge in [-0.1, -0.05) is 69.1 Å². The number of Topliss-reactive ketones (excluding diaryl/α,β-unsaturated/α-hetero) is 2. The van der Waals surface area contributed by atoms with E-state index in [4.69, 9.17) is 27.4 Å². The Morgan fingerprint density at radius 3 is 1.98 bits per heavy atom. The number of aliphatic carboxylic acids is 1. The Morgan fingerprint density at radius 2 is 1.47 bits per heavy atom. The molecule has 43 heavy (non-hydrogen) atoms. The van der Waals surface area contributed by atoms with Gasteiger partial charge in [0.25, 0.3) is 0 Å². The molecule has 0 spiro atoms. The first-order chi connectivity index (χ1) is 20.0. The molecule has 1 heterocycles. The molecule has 2 aromatic carbocycles. The average molecular weight is 647 g/mol. The minimum Gasteiger partial charge on any atom is -0.481 e. The van der Waals surface area contributed by atoms with Crippen molar-refractivity contribution in [1.82, 2.24) is 4.90 Å². The van der Waals surface area contributed by atoms with Crippen LogP contribution >= 0.6 is 23.2 Å². The number of benzene rings is 2. The molecule has 0 atom stereocenters. The van der Waals surface area contributed by atoms with Crippen molar-refractivity contribution in [3.05, 3.63) is 80.6 Å². The van der Waals surface area contributed by atoms with Crippen LogP contribution in [-0.4, -0.2) is 42.5 Å². The molecule has 5 rings (SSSR count). The quantitative estimate of drug-likeness (QED) is 0.322. The molecular formula is C32H33Cl2NO7S. The maximum Gasteiger partial charge on any atom is 0.339 e. The molecule has 2 aromatic rings. The summed E-state index contributed by atoms with van der Waals surface area (Å²) in [6.07, 6.45) is 1.06. The lowest BCUT2D eigenvalue weighted by Gasteiger charge is -2.49. The van der Waals surface area contributed by atoms with Crippen LogP contribution in [0.25, 0.3) is 0 Å². The second-order valence-corrected chi connectivity index (χ2v) is 15.4. The first kappa shape index (κ1) is 31.3. The van der Waals surface area contributed by atoms with Gasteiger partial charge in [0.15, 0.2) is 17.3 Å². The van der Waals surface area contributed by atoms with E-state index >= 15 is 0 Å². The molecule has 2 aliphatic carbocycles. The van der Waals surface area contributed by atoms with Crippen LogP contribution in [0.1, 0.15) is 71.3 Å². The Balaban J connectivity index is 1.80. The third-order valence-electron chi connectivity index (χ3n) is 8.14.